The quantitative estimate of drug-likeness (QED) is 0.219. The number of ether oxygens (including phenoxy) is 1. The van der Waals surface area contributed by atoms with E-state index in [-0.39, 0.29) is 24.2 Å². The van der Waals surface area contributed by atoms with Crippen LogP contribution < -0.4 is 20.4 Å². The number of benzene rings is 1. The summed E-state index contributed by atoms with van der Waals surface area (Å²) < 4.78 is 22.7. The Labute approximate surface area is 321 Å². The van der Waals surface area contributed by atoms with Crippen LogP contribution in [0.5, 0.6) is 0 Å². The van der Waals surface area contributed by atoms with Gasteiger partial charge in [-0.05, 0) is 63.6 Å². The number of aromatic nitrogens is 5. The summed E-state index contributed by atoms with van der Waals surface area (Å²) >= 11 is 0. The number of carbonyl (C=O) groups excluding carboxylic acids is 2. The molecular formula is C40H52FN11O3. The number of imide groups is 1. The predicted molar refractivity (Wildman–Crippen MR) is 209 cm³/mol. The van der Waals surface area contributed by atoms with Crippen LogP contribution in [-0.2, 0) is 20.9 Å². The molecule has 15 heteroatoms. The van der Waals surface area contributed by atoms with Gasteiger partial charge < -0.3 is 19.9 Å². The molecule has 0 bridgehead atoms. The van der Waals surface area contributed by atoms with E-state index in [1.165, 1.54) is 0 Å². The number of amides is 2. The molecule has 0 saturated carbocycles. The minimum Gasteiger partial charge on any atom is -0.381 e. The van der Waals surface area contributed by atoms with Gasteiger partial charge in [0.2, 0.25) is 17.8 Å². The van der Waals surface area contributed by atoms with Crippen molar-refractivity contribution in [2.24, 2.45) is 0 Å². The molecule has 4 aliphatic rings. The first-order chi connectivity index (χ1) is 26.7. The van der Waals surface area contributed by atoms with Gasteiger partial charge in [-0.1, -0.05) is 12.1 Å². The van der Waals surface area contributed by atoms with Crippen molar-refractivity contribution in [3.8, 4) is 0 Å². The van der Waals surface area contributed by atoms with Crippen molar-refractivity contribution < 1.29 is 18.7 Å². The number of carbonyl (C=O) groups is 2. The number of rotatable bonds is 10. The summed E-state index contributed by atoms with van der Waals surface area (Å²) in [4.78, 5) is 47.6. The fourth-order valence-electron chi connectivity index (χ4n) is 8.63. The second kappa shape index (κ2) is 16.2. The molecule has 4 aliphatic heterocycles. The number of fused-ring (bicyclic) bond motifs is 1. The Balaban J connectivity index is 0.856. The lowest BCUT2D eigenvalue weighted by Crippen LogP contribution is -2.53. The molecule has 0 aliphatic carbocycles. The highest BCUT2D eigenvalue weighted by Gasteiger charge is 2.32. The smallest absolute Gasteiger partial charge is 0.234 e. The van der Waals surface area contributed by atoms with Crippen LogP contribution in [0.4, 0.5) is 27.8 Å². The molecule has 0 radical (unpaired) electrons. The Morgan fingerprint density at radius 2 is 1.67 bits per heavy atom. The number of anilines is 4. The first kappa shape index (κ1) is 37.2. The number of hydrogen-bond donors (Lipinski definition) is 2. The van der Waals surface area contributed by atoms with Gasteiger partial charge in [0, 0.05) is 109 Å². The molecule has 3 aromatic heterocycles. The highest BCUT2D eigenvalue weighted by molar-refractivity contribution is 6.01. The third-order valence-corrected chi connectivity index (χ3v) is 11.8. The number of nitrogens with zero attached hydrogens (tertiary/aromatic N) is 9. The number of hydrogen-bond acceptors (Lipinski definition) is 12. The van der Waals surface area contributed by atoms with Gasteiger partial charge in [-0.2, -0.15) is 10.1 Å². The van der Waals surface area contributed by atoms with Gasteiger partial charge in [0.25, 0.3) is 0 Å². The highest BCUT2D eigenvalue weighted by Crippen LogP contribution is 2.33. The van der Waals surface area contributed by atoms with Crippen molar-refractivity contribution in [3.05, 3.63) is 59.7 Å². The second-order valence-corrected chi connectivity index (χ2v) is 15.6. The summed E-state index contributed by atoms with van der Waals surface area (Å²) in [7, 11) is 1.78. The summed E-state index contributed by atoms with van der Waals surface area (Å²) in [6.07, 6.45) is 8.67. The van der Waals surface area contributed by atoms with E-state index in [4.69, 9.17) is 19.8 Å². The molecule has 4 aromatic rings. The number of methoxy groups -OCH3 is 1. The van der Waals surface area contributed by atoms with E-state index < -0.39 is 11.8 Å². The zero-order valence-electron chi connectivity index (χ0n) is 32.1. The van der Waals surface area contributed by atoms with Gasteiger partial charge in [-0.15, -0.1) is 0 Å². The Bertz CT molecular complexity index is 2000. The minimum atomic E-state index is -0.613. The minimum absolute atomic E-state index is 0.181. The molecule has 55 heavy (non-hydrogen) atoms. The number of piperazine rings is 1. The maximum absolute atomic E-state index is 15.1. The average Bonchev–Trinajstić information content (AvgIpc) is 3.58. The maximum Gasteiger partial charge on any atom is 0.234 e. The second-order valence-electron chi connectivity index (χ2n) is 15.6. The van der Waals surface area contributed by atoms with Crippen LogP contribution in [0.15, 0.2) is 42.7 Å². The Morgan fingerprint density at radius 3 is 2.38 bits per heavy atom. The standard InChI is InChI=1S/C40H52FN11O3/c1-26(2)52-34-23-36(44-35-8-13-42-40(45-35)51-16-11-29(55-3)12-17-51)43-24-32(34)38(47-52)50-14-9-28(10-15-50)49-20-18-48(19-21-49)25-27-4-5-30(33(41)22-27)31-6-7-37(53)46-39(31)54/h4-5,8,13,22-24,26,28-29,31H,6-7,9-12,14-21,25H2,1-3H3,(H,46,53,54)(H,42,43,44,45). The molecule has 1 unspecified atom stereocenters. The zero-order chi connectivity index (χ0) is 38.1. The SMILES string of the molecule is COC1CCN(c2nccc(Nc3cc4c(cn3)c(N3CCC(N5CCN(Cc6ccc(C7CCC(=O)NC7=O)c(F)c6)CC5)CC3)nn4C(C)C)n2)CC1. The van der Waals surface area contributed by atoms with Crippen LogP contribution >= 0.6 is 0 Å². The molecule has 1 aromatic carbocycles. The highest BCUT2D eigenvalue weighted by atomic mass is 19.1. The summed E-state index contributed by atoms with van der Waals surface area (Å²) in [5, 5.41) is 11.9. The lowest BCUT2D eigenvalue weighted by Gasteiger charge is -2.43. The molecule has 8 rings (SSSR count). The predicted octanol–water partition coefficient (Wildman–Crippen LogP) is 4.61. The van der Waals surface area contributed by atoms with E-state index in [1.54, 1.807) is 25.4 Å². The molecule has 292 valence electrons. The van der Waals surface area contributed by atoms with E-state index in [9.17, 15) is 9.59 Å². The van der Waals surface area contributed by atoms with E-state index in [0.717, 1.165) is 106 Å². The number of nitrogens with one attached hydrogen (secondary N) is 2. The first-order valence-electron chi connectivity index (χ1n) is 19.8. The van der Waals surface area contributed by atoms with Gasteiger partial charge in [-0.3, -0.25) is 29.4 Å². The molecule has 2 N–H and O–H groups in total. The van der Waals surface area contributed by atoms with Gasteiger partial charge in [0.15, 0.2) is 5.82 Å². The van der Waals surface area contributed by atoms with Crippen molar-refractivity contribution in [2.75, 3.05) is 74.6 Å². The van der Waals surface area contributed by atoms with Crippen LogP contribution in [-0.4, -0.2) is 118 Å². The largest absolute Gasteiger partial charge is 0.381 e. The van der Waals surface area contributed by atoms with E-state index in [1.807, 2.05) is 18.3 Å². The van der Waals surface area contributed by atoms with Gasteiger partial charge in [0.1, 0.15) is 17.5 Å². The van der Waals surface area contributed by atoms with Crippen LogP contribution in [0.25, 0.3) is 10.9 Å². The van der Waals surface area contributed by atoms with Gasteiger partial charge in [-0.25, -0.2) is 14.4 Å². The first-order valence-corrected chi connectivity index (χ1v) is 19.8. The molecule has 7 heterocycles. The zero-order valence-corrected chi connectivity index (χ0v) is 32.1. The topological polar surface area (TPSA) is 137 Å². The summed E-state index contributed by atoms with van der Waals surface area (Å²) in [6.45, 7) is 12.4. The third-order valence-electron chi connectivity index (χ3n) is 11.8. The molecule has 0 spiro atoms. The lowest BCUT2D eigenvalue weighted by molar-refractivity contribution is -0.134. The average molecular weight is 754 g/mol. The van der Waals surface area contributed by atoms with Crippen molar-refractivity contribution in [1.82, 2.24) is 39.8 Å². The van der Waals surface area contributed by atoms with Crippen LogP contribution in [0.3, 0.4) is 0 Å². The molecule has 4 saturated heterocycles. The summed E-state index contributed by atoms with van der Waals surface area (Å²) in [5.41, 5.74) is 2.31. The third kappa shape index (κ3) is 8.14. The Hall–Kier alpha value is -4.73. The molecular weight excluding hydrogens is 702 g/mol. The molecule has 14 nitrogen and oxygen atoms in total. The van der Waals surface area contributed by atoms with Crippen molar-refractivity contribution in [1.29, 1.82) is 0 Å². The van der Waals surface area contributed by atoms with E-state index in [2.05, 4.69) is 59.8 Å². The van der Waals surface area contributed by atoms with Crippen molar-refractivity contribution in [3.63, 3.8) is 0 Å². The lowest BCUT2D eigenvalue weighted by atomic mass is 9.89. The van der Waals surface area contributed by atoms with E-state index in [0.29, 0.717) is 42.4 Å². The normalized spacial score (nSPS) is 21.1. The Kier molecular flexibility index (Phi) is 10.9. The molecule has 4 fully saturated rings. The van der Waals surface area contributed by atoms with Gasteiger partial charge in [0.05, 0.1) is 22.9 Å². The molecule has 2 amide bonds. The van der Waals surface area contributed by atoms with Crippen LogP contribution in [0.2, 0.25) is 0 Å². The van der Waals surface area contributed by atoms with Crippen molar-refractivity contribution in [2.45, 2.75) is 83.0 Å². The van der Waals surface area contributed by atoms with Crippen molar-refractivity contribution >= 4 is 46.1 Å². The van der Waals surface area contributed by atoms with Gasteiger partial charge >= 0.3 is 0 Å². The summed E-state index contributed by atoms with van der Waals surface area (Å²) in [6, 6.07) is 9.84. The Morgan fingerprint density at radius 1 is 0.909 bits per heavy atom. The monoisotopic (exact) mass is 753 g/mol. The fourth-order valence-corrected chi connectivity index (χ4v) is 8.63. The van der Waals surface area contributed by atoms with Crippen LogP contribution in [0.1, 0.15) is 75.5 Å². The fraction of sp³-hybridized carbons (Fsp3) is 0.550. The number of pyridine rings is 1. The summed E-state index contributed by atoms with van der Waals surface area (Å²) in [5.74, 6) is 1.44. The molecule has 1 atom stereocenters. The van der Waals surface area contributed by atoms with E-state index >= 15 is 4.39 Å². The number of piperidine rings is 3. The maximum atomic E-state index is 15.1. The number of halogens is 1. The van der Waals surface area contributed by atoms with Crippen LogP contribution in [0, 0.1) is 5.82 Å².